The summed E-state index contributed by atoms with van der Waals surface area (Å²) in [7, 11) is 0. The lowest BCUT2D eigenvalue weighted by Crippen LogP contribution is -2.14. The zero-order valence-corrected chi connectivity index (χ0v) is 14.6. The maximum Gasteiger partial charge on any atom is 0.426 e. The van der Waals surface area contributed by atoms with E-state index in [1.807, 2.05) is 0 Å². The van der Waals surface area contributed by atoms with E-state index in [1.54, 1.807) is 48.5 Å². The van der Waals surface area contributed by atoms with Crippen molar-refractivity contribution in [3.8, 4) is 11.1 Å². The fraction of sp³-hybridized carbons (Fsp3) is 0.0526. The Labute approximate surface area is 156 Å². The molecule has 27 heavy (non-hydrogen) atoms. The Hall–Kier alpha value is -3.13. The van der Waals surface area contributed by atoms with Gasteiger partial charge >= 0.3 is 12.1 Å². The van der Waals surface area contributed by atoms with Gasteiger partial charge < -0.3 is 10.6 Å². The molecule has 0 aliphatic carbocycles. The molecular formula is C19H13F3N2O2S. The molecule has 3 aromatic rings. The quantitative estimate of drug-likeness (QED) is 0.298. The summed E-state index contributed by atoms with van der Waals surface area (Å²) < 4.78 is 40.1. The Kier molecular flexibility index (Phi) is 5.27. The molecule has 138 valence electrons. The first-order valence-corrected chi connectivity index (χ1v) is 8.54. The summed E-state index contributed by atoms with van der Waals surface area (Å²) in [6.07, 6.45) is -4.60. The number of carbonyl (C=O) groups is 1. The van der Waals surface area contributed by atoms with Gasteiger partial charge in [0.1, 0.15) is 9.75 Å². The summed E-state index contributed by atoms with van der Waals surface area (Å²) in [5.41, 5.74) is 6.51. The summed E-state index contributed by atoms with van der Waals surface area (Å²) in [5, 5.41) is 3.51. The number of carbonyl (C=O) groups excluding carboxylic acids is 1. The number of thiophene rings is 1. The Bertz CT molecular complexity index is 968. The summed E-state index contributed by atoms with van der Waals surface area (Å²) in [4.78, 5) is 15.8. The molecule has 4 nitrogen and oxygen atoms in total. The number of hydrogen-bond donors (Lipinski definition) is 1. The van der Waals surface area contributed by atoms with Crippen molar-refractivity contribution in [2.45, 2.75) is 6.18 Å². The largest absolute Gasteiger partial charge is 0.426 e. The first-order chi connectivity index (χ1) is 12.9. The SMILES string of the molecule is N/C(=N\OC(=O)c1cc(-c2ccccc2)c(C(F)(F)F)s1)c1ccccc1. The van der Waals surface area contributed by atoms with E-state index < -0.39 is 17.0 Å². The van der Waals surface area contributed by atoms with E-state index in [2.05, 4.69) is 5.16 Å². The lowest BCUT2D eigenvalue weighted by Gasteiger charge is -2.07. The third-order valence-electron chi connectivity index (χ3n) is 3.57. The zero-order valence-electron chi connectivity index (χ0n) is 13.7. The highest BCUT2D eigenvalue weighted by Gasteiger charge is 2.37. The van der Waals surface area contributed by atoms with Crippen LogP contribution in [0.1, 0.15) is 20.1 Å². The van der Waals surface area contributed by atoms with Crippen LogP contribution in [0.15, 0.2) is 71.9 Å². The standard InChI is InChI=1S/C19H13F3N2O2S/c20-19(21,22)16-14(12-7-3-1-4-8-12)11-15(27-16)18(25)26-24-17(23)13-9-5-2-6-10-13/h1-11H,(H2,23,24). The molecule has 3 rings (SSSR count). The zero-order chi connectivity index (χ0) is 19.4. The van der Waals surface area contributed by atoms with Crippen LogP contribution in [0.2, 0.25) is 0 Å². The number of alkyl halides is 3. The Morgan fingerprint density at radius 1 is 1.00 bits per heavy atom. The highest BCUT2D eigenvalue weighted by atomic mass is 32.1. The summed E-state index contributed by atoms with van der Waals surface area (Å²) in [6.45, 7) is 0. The molecule has 0 unspecified atom stereocenters. The summed E-state index contributed by atoms with van der Waals surface area (Å²) >= 11 is 0.307. The molecule has 0 saturated carbocycles. The molecule has 0 atom stereocenters. The fourth-order valence-corrected chi connectivity index (χ4v) is 3.25. The molecule has 0 spiro atoms. The second-order valence-corrected chi connectivity index (χ2v) is 6.49. The van der Waals surface area contributed by atoms with Crippen molar-refractivity contribution >= 4 is 23.1 Å². The number of benzene rings is 2. The van der Waals surface area contributed by atoms with Gasteiger partial charge in [0.25, 0.3) is 0 Å². The Morgan fingerprint density at radius 3 is 2.19 bits per heavy atom. The lowest BCUT2D eigenvalue weighted by atomic mass is 10.1. The highest BCUT2D eigenvalue weighted by molar-refractivity contribution is 7.14. The Balaban J connectivity index is 1.88. The minimum atomic E-state index is -4.60. The van der Waals surface area contributed by atoms with Gasteiger partial charge in [0.2, 0.25) is 0 Å². The number of nitrogens with two attached hydrogens (primary N) is 1. The van der Waals surface area contributed by atoms with Crippen LogP contribution in [0.25, 0.3) is 11.1 Å². The minimum absolute atomic E-state index is 0.0557. The van der Waals surface area contributed by atoms with E-state index in [4.69, 9.17) is 10.6 Å². The third-order valence-corrected chi connectivity index (χ3v) is 4.73. The van der Waals surface area contributed by atoms with E-state index in [-0.39, 0.29) is 16.3 Å². The van der Waals surface area contributed by atoms with Gasteiger partial charge in [-0.15, -0.1) is 11.3 Å². The molecule has 1 aromatic heterocycles. The predicted octanol–water partition coefficient (Wildman–Crippen LogP) is 4.91. The molecule has 8 heteroatoms. The third kappa shape index (κ3) is 4.35. The van der Waals surface area contributed by atoms with Crippen LogP contribution in [0.3, 0.4) is 0 Å². The van der Waals surface area contributed by atoms with Crippen molar-refractivity contribution in [1.29, 1.82) is 0 Å². The van der Waals surface area contributed by atoms with Crippen molar-refractivity contribution in [3.63, 3.8) is 0 Å². The molecular weight excluding hydrogens is 377 g/mol. The molecule has 0 aliphatic heterocycles. The second-order valence-electron chi connectivity index (χ2n) is 5.44. The van der Waals surface area contributed by atoms with Crippen LogP contribution in [-0.2, 0) is 11.0 Å². The normalized spacial score (nSPS) is 12.0. The number of nitrogens with zero attached hydrogens (tertiary/aromatic N) is 1. The van der Waals surface area contributed by atoms with Gasteiger partial charge in [-0.25, -0.2) is 4.79 Å². The topological polar surface area (TPSA) is 64.7 Å². The van der Waals surface area contributed by atoms with Crippen molar-refractivity contribution in [1.82, 2.24) is 0 Å². The second kappa shape index (κ2) is 7.63. The minimum Gasteiger partial charge on any atom is -0.380 e. The highest BCUT2D eigenvalue weighted by Crippen LogP contribution is 2.42. The number of oxime groups is 1. The van der Waals surface area contributed by atoms with Gasteiger partial charge in [-0.2, -0.15) is 13.2 Å². The fourth-order valence-electron chi connectivity index (χ4n) is 2.33. The van der Waals surface area contributed by atoms with Gasteiger partial charge in [0.05, 0.1) is 0 Å². The van der Waals surface area contributed by atoms with Gasteiger partial charge in [0.15, 0.2) is 5.84 Å². The first-order valence-electron chi connectivity index (χ1n) is 7.73. The molecule has 1 heterocycles. The van der Waals surface area contributed by atoms with E-state index in [9.17, 15) is 18.0 Å². The first kappa shape index (κ1) is 18.7. The maximum absolute atomic E-state index is 13.4. The van der Waals surface area contributed by atoms with E-state index in [1.165, 1.54) is 12.1 Å². The van der Waals surface area contributed by atoms with Crippen LogP contribution in [0.4, 0.5) is 13.2 Å². The van der Waals surface area contributed by atoms with Crippen molar-refractivity contribution in [3.05, 3.63) is 82.0 Å². The number of amidine groups is 1. The average Bonchev–Trinajstić information content (AvgIpc) is 3.13. The van der Waals surface area contributed by atoms with Gasteiger partial charge in [-0.05, 0) is 11.6 Å². The van der Waals surface area contributed by atoms with Crippen LogP contribution >= 0.6 is 11.3 Å². The number of hydrogen-bond acceptors (Lipinski definition) is 4. The van der Waals surface area contributed by atoms with Gasteiger partial charge in [-0.1, -0.05) is 65.8 Å². The monoisotopic (exact) mass is 390 g/mol. The van der Waals surface area contributed by atoms with Crippen LogP contribution < -0.4 is 5.73 Å². The average molecular weight is 390 g/mol. The lowest BCUT2D eigenvalue weighted by molar-refractivity contribution is -0.133. The molecule has 2 N–H and O–H groups in total. The van der Waals surface area contributed by atoms with Gasteiger partial charge in [0, 0.05) is 11.1 Å². The molecule has 2 aromatic carbocycles. The summed E-state index contributed by atoms with van der Waals surface area (Å²) in [5.74, 6) is -1.06. The molecule has 0 fully saturated rings. The molecule has 0 bridgehead atoms. The maximum atomic E-state index is 13.4. The molecule has 0 saturated heterocycles. The van der Waals surface area contributed by atoms with E-state index >= 15 is 0 Å². The van der Waals surface area contributed by atoms with Crippen LogP contribution in [-0.4, -0.2) is 11.8 Å². The van der Waals surface area contributed by atoms with E-state index in [0.717, 1.165) is 6.07 Å². The van der Waals surface area contributed by atoms with Crippen LogP contribution in [0, 0.1) is 0 Å². The summed E-state index contributed by atoms with van der Waals surface area (Å²) in [6, 6.07) is 17.7. The van der Waals surface area contributed by atoms with E-state index in [0.29, 0.717) is 22.5 Å². The number of rotatable bonds is 4. The Morgan fingerprint density at radius 2 is 1.59 bits per heavy atom. The van der Waals surface area contributed by atoms with Crippen LogP contribution in [0.5, 0.6) is 0 Å². The molecule has 0 aliphatic rings. The van der Waals surface area contributed by atoms with Crippen molar-refractivity contribution in [2.24, 2.45) is 10.9 Å². The molecule has 0 radical (unpaired) electrons. The number of halogens is 3. The smallest absolute Gasteiger partial charge is 0.380 e. The molecule has 0 amide bonds. The predicted molar refractivity (Wildman–Crippen MR) is 97.3 cm³/mol. The van der Waals surface area contributed by atoms with Crippen molar-refractivity contribution < 1.29 is 22.8 Å². The van der Waals surface area contributed by atoms with Gasteiger partial charge in [-0.3, -0.25) is 0 Å². The van der Waals surface area contributed by atoms with Crippen molar-refractivity contribution in [2.75, 3.05) is 0 Å².